The Kier molecular flexibility index (Phi) is 4.16. The highest BCUT2D eigenvalue weighted by molar-refractivity contribution is 7.80. The van der Waals surface area contributed by atoms with Gasteiger partial charge < -0.3 is 14.6 Å². The fraction of sp³-hybridized carbons (Fsp3) is 0.0909. The first-order chi connectivity index (χ1) is 13.3. The summed E-state index contributed by atoms with van der Waals surface area (Å²) in [4.78, 5) is 24.6. The lowest BCUT2D eigenvalue weighted by Gasteiger charge is -2.18. The van der Waals surface area contributed by atoms with Crippen LogP contribution < -0.4 is 5.43 Å². The number of carbonyl (C=O) groups is 1. The Morgan fingerprint density at radius 2 is 1.75 bits per heavy atom. The molecule has 1 heterocycles. The van der Waals surface area contributed by atoms with Gasteiger partial charge >= 0.3 is 5.97 Å². The molecule has 2 aliphatic rings. The highest BCUT2D eigenvalue weighted by Crippen LogP contribution is 2.43. The number of aromatic hydroxyl groups is 1. The number of aromatic carboxylic acids is 1. The molecule has 0 radical (unpaired) electrons. The standard InChI is InChI=1S/C22H16O5S/c1-10-5-15-19(8-17(10)23)27-20-9-18(24)11(2)6-16(20)21(15)13-4-3-12(28)7-14(13)22(25)26/h3-9,23,28H,1-2H3,(H,25,26). The summed E-state index contributed by atoms with van der Waals surface area (Å²) >= 11 is 4.26. The van der Waals surface area contributed by atoms with Crippen LogP contribution in [-0.2, 0) is 0 Å². The van der Waals surface area contributed by atoms with Crippen molar-refractivity contribution in [1.82, 2.24) is 0 Å². The second kappa shape index (κ2) is 6.42. The topological polar surface area (TPSA) is 87.7 Å². The quantitative estimate of drug-likeness (QED) is 0.334. The number of thiol groups is 1. The minimum atomic E-state index is -1.08. The molecule has 6 heteroatoms. The van der Waals surface area contributed by atoms with Crippen LogP contribution in [0.25, 0.3) is 33.4 Å². The van der Waals surface area contributed by atoms with Crippen molar-refractivity contribution in [3.05, 3.63) is 69.4 Å². The number of fused-ring (bicyclic) bond motifs is 2. The molecule has 0 aromatic heterocycles. The third-order valence-electron chi connectivity index (χ3n) is 4.84. The molecule has 1 aliphatic carbocycles. The summed E-state index contributed by atoms with van der Waals surface area (Å²) in [5.41, 5.74) is 3.18. The molecule has 4 rings (SSSR count). The maximum atomic E-state index is 12.1. The maximum absolute atomic E-state index is 12.1. The van der Waals surface area contributed by atoms with Crippen molar-refractivity contribution in [3.63, 3.8) is 0 Å². The minimum absolute atomic E-state index is 0.0557. The summed E-state index contributed by atoms with van der Waals surface area (Å²) in [6.45, 7) is 3.45. The van der Waals surface area contributed by atoms with E-state index in [4.69, 9.17) is 4.42 Å². The number of aryl methyl sites for hydroxylation is 2. The van der Waals surface area contributed by atoms with Crippen LogP contribution in [0.5, 0.6) is 5.75 Å². The molecule has 0 bridgehead atoms. The Morgan fingerprint density at radius 1 is 1.00 bits per heavy atom. The summed E-state index contributed by atoms with van der Waals surface area (Å²) < 4.78 is 5.88. The van der Waals surface area contributed by atoms with E-state index in [0.29, 0.717) is 49.4 Å². The van der Waals surface area contributed by atoms with Crippen molar-refractivity contribution in [3.8, 4) is 28.2 Å². The molecule has 0 spiro atoms. The zero-order chi connectivity index (χ0) is 20.2. The number of phenols is 1. The molecule has 5 nitrogen and oxygen atoms in total. The van der Waals surface area contributed by atoms with Crippen LogP contribution in [-0.4, -0.2) is 16.2 Å². The zero-order valence-electron chi connectivity index (χ0n) is 15.1. The van der Waals surface area contributed by atoms with E-state index >= 15 is 0 Å². The smallest absolute Gasteiger partial charge is 0.336 e. The van der Waals surface area contributed by atoms with E-state index < -0.39 is 5.97 Å². The van der Waals surface area contributed by atoms with E-state index in [2.05, 4.69) is 12.6 Å². The van der Waals surface area contributed by atoms with Gasteiger partial charge in [-0.05, 0) is 54.8 Å². The number of carboxylic acid groups (broad SMARTS) is 1. The van der Waals surface area contributed by atoms with Gasteiger partial charge in [-0.2, -0.15) is 0 Å². The van der Waals surface area contributed by atoms with E-state index in [9.17, 15) is 19.8 Å². The van der Waals surface area contributed by atoms with Crippen LogP contribution >= 0.6 is 12.6 Å². The first-order valence-corrected chi connectivity index (χ1v) is 8.98. The highest BCUT2D eigenvalue weighted by atomic mass is 32.1. The van der Waals surface area contributed by atoms with Gasteiger partial charge in [-0.1, -0.05) is 6.07 Å². The second-order valence-corrected chi connectivity index (χ2v) is 7.28. The molecule has 140 valence electrons. The van der Waals surface area contributed by atoms with Crippen molar-refractivity contribution < 1.29 is 19.4 Å². The normalized spacial score (nSPS) is 11.2. The van der Waals surface area contributed by atoms with Gasteiger partial charge in [0.15, 0.2) is 5.43 Å². The summed E-state index contributed by atoms with van der Waals surface area (Å²) in [5, 5.41) is 20.5. The van der Waals surface area contributed by atoms with Crippen LogP contribution in [0.3, 0.4) is 0 Å². The Labute approximate surface area is 165 Å². The number of hydrogen-bond acceptors (Lipinski definition) is 5. The number of rotatable bonds is 2. The molecule has 0 saturated heterocycles. The van der Waals surface area contributed by atoms with Crippen molar-refractivity contribution in [2.75, 3.05) is 0 Å². The minimum Gasteiger partial charge on any atom is -0.508 e. The van der Waals surface area contributed by atoms with Gasteiger partial charge in [0.05, 0.1) is 5.56 Å². The van der Waals surface area contributed by atoms with Gasteiger partial charge in [-0.15, -0.1) is 12.6 Å². The van der Waals surface area contributed by atoms with E-state index in [-0.39, 0.29) is 16.7 Å². The van der Waals surface area contributed by atoms with Crippen LogP contribution in [0.15, 0.2) is 56.6 Å². The Hall–Kier alpha value is -3.25. The molecular formula is C22H16O5S. The van der Waals surface area contributed by atoms with Gasteiger partial charge in [0.2, 0.25) is 0 Å². The fourth-order valence-electron chi connectivity index (χ4n) is 3.39. The van der Waals surface area contributed by atoms with Gasteiger partial charge in [0.25, 0.3) is 0 Å². The van der Waals surface area contributed by atoms with Crippen LogP contribution in [0.2, 0.25) is 0 Å². The van der Waals surface area contributed by atoms with Gasteiger partial charge in [0, 0.05) is 33.5 Å². The number of benzene rings is 3. The summed E-state index contributed by atoms with van der Waals surface area (Å²) in [7, 11) is 0. The monoisotopic (exact) mass is 392 g/mol. The maximum Gasteiger partial charge on any atom is 0.336 e. The number of carboxylic acids is 1. The molecule has 2 aromatic carbocycles. The lowest BCUT2D eigenvalue weighted by atomic mass is 9.89. The average Bonchev–Trinajstić information content (AvgIpc) is 2.63. The zero-order valence-corrected chi connectivity index (χ0v) is 16.0. The molecule has 0 atom stereocenters. The predicted molar refractivity (Wildman–Crippen MR) is 110 cm³/mol. The summed E-state index contributed by atoms with van der Waals surface area (Å²) in [5.74, 6) is -0.700. The lowest BCUT2D eigenvalue weighted by molar-refractivity contribution is 0.0697. The number of phenolic OH excluding ortho intramolecular Hbond substituents is 1. The van der Waals surface area contributed by atoms with Crippen LogP contribution in [0.4, 0.5) is 0 Å². The summed E-state index contributed by atoms with van der Waals surface area (Å²) in [6.07, 6.45) is 0. The summed E-state index contributed by atoms with van der Waals surface area (Å²) in [6, 6.07) is 11.2. The van der Waals surface area contributed by atoms with Crippen LogP contribution in [0, 0.1) is 13.8 Å². The van der Waals surface area contributed by atoms with Gasteiger partial charge in [0.1, 0.15) is 17.1 Å². The molecular weight excluding hydrogens is 376 g/mol. The van der Waals surface area contributed by atoms with Crippen molar-refractivity contribution >= 4 is 29.6 Å². The van der Waals surface area contributed by atoms with Gasteiger partial charge in [-0.3, -0.25) is 4.79 Å². The SMILES string of the molecule is Cc1cc2c(-c3ccc(S)cc3C(=O)O)c3cc(C)c(=O)cc-3oc2cc1O. The van der Waals surface area contributed by atoms with Crippen molar-refractivity contribution in [1.29, 1.82) is 0 Å². The molecule has 0 amide bonds. The largest absolute Gasteiger partial charge is 0.508 e. The Bertz CT molecular complexity index is 1300. The Balaban J connectivity index is 2.26. The van der Waals surface area contributed by atoms with Crippen molar-refractivity contribution in [2.45, 2.75) is 18.7 Å². The van der Waals surface area contributed by atoms with E-state index in [1.54, 1.807) is 38.1 Å². The molecule has 0 unspecified atom stereocenters. The first kappa shape index (κ1) is 18.1. The predicted octanol–water partition coefficient (Wildman–Crippen LogP) is 4.87. The molecule has 28 heavy (non-hydrogen) atoms. The van der Waals surface area contributed by atoms with Gasteiger partial charge in [-0.25, -0.2) is 4.79 Å². The van der Waals surface area contributed by atoms with Crippen molar-refractivity contribution in [2.24, 2.45) is 0 Å². The molecule has 2 aromatic rings. The van der Waals surface area contributed by atoms with E-state index in [1.165, 1.54) is 18.2 Å². The van der Waals surface area contributed by atoms with E-state index in [1.807, 2.05) is 0 Å². The number of hydrogen-bond donors (Lipinski definition) is 3. The molecule has 1 aliphatic heterocycles. The first-order valence-electron chi connectivity index (χ1n) is 8.53. The fourth-order valence-corrected chi connectivity index (χ4v) is 3.59. The third-order valence-corrected chi connectivity index (χ3v) is 5.11. The molecule has 0 fully saturated rings. The molecule has 0 saturated carbocycles. The molecule has 2 N–H and O–H groups in total. The van der Waals surface area contributed by atoms with E-state index in [0.717, 1.165) is 0 Å². The highest BCUT2D eigenvalue weighted by Gasteiger charge is 2.23. The third kappa shape index (κ3) is 2.82. The average molecular weight is 392 g/mol. The lowest BCUT2D eigenvalue weighted by Crippen LogP contribution is -2.07. The van der Waals surface area contributed by atoms with Crippen LogP contribution in [0.1, 0.15) is 21.5 Å². The Morgan fingerprint density at radius 3 is 2.46 bits per heavy atom. The second-order valence-electron chi connectivity index (χ2n) is 6.76.